The second kappa shape index (κ2) is 12.2. The van der Waals surface area contributed by atoms with Crippen molar-refractivity contribution < 1.29 is 23.9 Å². The van der Waals surface area contributed by atoms with Crippen molar-refractivity contribution in [2.45, 2.75) is 26.7 Å². The largest absolute Gasteiger partial charge is 0.457 e. The lowest BCUT2D eigenvalue weighted by Crippen LogP contribution is -2.22. The topological polar surface area (TPSA) is 93.7 Å². The maximum absolute atomic E-state index is 12.2. The molecule has 0 atom stereocenters. The Balaban J connectivity index is 1.40. The number of aryl methyl sites for hydroxylation is 2. The van der Waals surface area contributed by atoms with Crippen molar-refractivity contribution in [3.05, 3.63) is 81.8 Å². The summed E-state index contributed by atoms with van der Waals surface area (Å²) in [5, 5.41) is 5.92. The fraction of sp³-hybridized carbons (Fsp3) is 0.192. The first-order valence-electron chi connectivity index (χ1n) is 10.8. The first-order valence-corrected chi connectivity index (χ1v) is 11.5. The summed E-state index contributed by atoms with van der Waals surface area (Å²) in [5.41, 5.74) is 2.97. The monoisotopic (exact) mass is 514 g/mol. The molecule has 0 aromatic heterocycles. The molecule has 3 rings (SSSR count). The molecule has 0 bridgehead atoms. The molecular weight excluding hydrogens is 491 g/mol. The average molecular weight is 515 g/mol. The molecule has 3 aromatic rings. The number of rotatable bonds is 9. The highest BCUT2D eigenvalue weighted by Crippen LogP contribution is 2.29. The third-order valence-corrected chi connectivity index (χ3v) is 5.44. The van der Waals surface area contributed by atoms with Gasteiger partial charge in [-0.3, -0.25) is 14.4 Å². The number of anilines is 2. The number of benzene rings is 3. The van der Waals surface area contributed by atoms with Crippen LogP contribution in [0.5, 0.6) is 11.5 Å². The van der Waals surface area contributed by atoms with Gasteiger partial charge in [-0.05, 0) is 67.4 Å². The molecule has 2 amide bonds. The zero-order chi connectivity index (χ0) is 25.4. The van der Waals surface area contributed by atoms with Crippen LogP contribution in [-0.2, 0) is 19.1 Å². The lowest BCUT2D eigenvalue weighted by molar-refractivity contribution is -0.147. The van der Waals surface area contributed by atoms with Crippen LogP contribution in [0.25, 0.3) is 0 Å². The zero-order valence-electron chi connectivity index (χ0n) is 19.2. The molecule has 0 saturated heterocycles. The van der Waals surface area contributed by atoms with E-state index in [1.807, 2.05) is 32.0 Å². The van der Waals surface area contributed by atoms with Crippen LogP contribution in [0.2, 0.25) is 10.0 Å². The molecule has 0 radical (unpaired) electrons. The van der Waals surface area contributed by atoms with E-state index in [0.29, 0.717) is 22.1 Å². The normalized spacial score (nSPS) is 10.4. The Bertz CT molecular complexity index is 1210. The predicted octanol–water partition coefficient (Wildman–Crippen LogP) is 6.30. The van der Waals surface area contributed by atoms with Crippen molar-refractivity contribution in [2.24, 2.45) is 0 Å². The second-order valence-electron chi connectivity index (χ2n) is 7.73. The molecular formula is C26H24Cl2N2O5. The van der Waals surface area contributed by atoms with Gasteiger partial charge in [-0.25, -0.2) is 0 Å². The van der Waals surface area contributed by atoms with Gasteiger partial charge in [0.1, 0.15) is 11.5 Å². The van der Waals surface area contributed by atoms with E-state index in [0.717, 1.165) is 16.9 Å². The maximum Gasteiger partial charge on any atom is 0.306 e. The van der Waals surface area contributed by atoms with E-state index in [1.165, 1.54) is 12.1 Å². The van der Waals surface area contributed by atoms with E-state index in [-0.39, 0.29) is 23.8 Å². The highest BCUT2D eigenvalue weighted by Gasteiger charge is 2.12. The van der Waals surface area contributed by atoms with Crippen molar-refractivity contribution in [3.63, 3.8) is 0 Å². The Morgan fingerprint density at radius 2 is 1.51 bits per heavy atom. The van der Waals surface area contributed by atoms with Gasteiger partial charge in [0, 0.05) is 17.1 Å². The van der Waals surface area contributed by atoms with Crippen LogP contribution in [-0.4, -0.2) is 24.4 Å². The van der Waals surface area contributed by atoms with Gasteiger partial charge in [0.05, 0.1) is 17.1 Å². The SMILES string of the molecule is Cc1cccc(C)c1Oc1ccc(NC(=O)CCC(=O)OCC(=O)Nc2ccc(Cl)cc2Cl)cc1. The van der Waals surface area contributed by atoms with Gasteiger partial charge in [0.25, 0.3) is 5.91 Å². The molecule has 7 nitrogen and oxygen atoms in total. The van der Waals surface area contributed by atoms with Gasteiger partial charge < -0.3 is 20.1 Å². The number of carbonyl (C=O) groups is 3. The molecule has 0 aliphatic carbocycles. The number of amides is 2. The van der Waals surface area contributed by atoms with Crippen molar-refractivity contribution in [1.29, 1.82) is 0 Å². The minimum Gasteiger partial charge on any atom is -0.457 e. The van der Waals surface area contributed by atoms with E-state index in [4.69, 9.17) is 32.7 Å². The number of para-hydroxylation sites is 1. The number of hydrogen-bond acceptors (Lipinski definition) is 5. The standard InChI is InChI=1S/C26H24Cl2N2O5/c1-16-4-3-5-17(2)26(16)35-20-9-7-19(8-10-20)29-23(31)12-13-25(33)34-15-24(32)30-22-11-6-18(27)14-21(22)28/h3-11,14H,12-13,15H2,1-2H3,(H,29,31)(H,30,32). The van der Waals surface area contributed by atoms with Crippen LogP contribution in [0.4, 0.5) is 11.4 Å². The Hall–Kier alpha value is -3.55. The zero-order valence-corrected chi connectivity index (χ0v) is 20.7. The van der Waals surface area contributed by atoms with Crippen LogP contribution in [0.15, 0.2) is 60.7 Å². The predicted molar refractivity (Wildman–Crippen MR) is 136 cm³/mol. The average Bonchev–Trinajstić information content (AvgIpc) is 2.82. The summed E-state index contributed by atoms with van der Waals surface area (Å²) >= 11 is 11.8. The van der Waals surface area contributed by atoms with E-state index >= 15 is 0 Å². The number of nitrogens with one attached hydrogen (secondary N) is 2. The van der Waals surface area contributed by atoms with Crippen LogP contribution in [0.3, 0.4) is 0 Å². The molecule has 0 aliphatic rings. The summed E-state index contributed by atoms with van der Waals surface area (Å²) in [6.07, 6.45) is -0.265. The number of carbonyl (C=O) groups excluding carboxylic acids is 3. The van der Waals surface area contributed by atoms with Crippen LogP contribution >= 0.6 is 23.2 Å². The van der Waals surface area contributed by atoms with Gasteiger partial charge in [0.2, 0.25) is 5.91 Å². The number of halogens is 2. The van der Waals surface area contributed by atoms with Crippen LogP contribution < -0.4 is 15.4 Å². The second-order valence-corrected chi connectivity index (χ2v) is 8.57. The Kier molecular flexibility index (Phi) is 9.11. The lowest BCUT2D eigenvalue weighted by atomic mass is 10.1. The van der Waals surface area contributed by atoms with E-state index in [2.05, 4.69) is 10.6 Å². The highest BCUT2D eigenvalue weighted by atomic mass is 35.5. The molecule has 3 aromatic carbocycles. The summed E-state index contributed by atoms with van der Waals surface area (Å²) in [6, 6.07) is 17.4. The highest BCUT2D eigenvalue weighted by molar-refractivity contribution is 6.36. The van der Waals surface area contributed by atoms with Gasteiger partial charge in [0.15, 0.2) is 6.61 Å². The van der Waals surface area contributed by atoms with Crippen molar-refractivity contribution in [2.75, 3.05) is 17.2 Å². The minimum atomic E-state index is -0.671. The van der Waals surface area contributed by atoms with Gasteiger partial charge in [-0.2, -0.15) is 0 Å². The van der Waals surface area contributed by atoms with Crippen molar-refractivity contribution in [1.82, 2.24) is 0 Å². The molecule has 0 spiro atoms. The van der Waals surface area contributed by atoms with E-state index < -0.39 is 18.5 Å². The lowest BCUT2D eigenvalue weighted by Gasteiger charge is -2.12. The number of ether oxygens (including phenoxy) is 2. The number of esters is 1. The van der Waals surface area contributed by atoms with E-state index in [9.17, 15) is 14.4 Å². The fourth-order valence-electron chi connectivity index (χ4n) is 3.12. The Morgan fingerprint density at radius 1 is 0.829 bits per heavy atom. The molecule has 35 heavy (non-hydrogen) atoms. The van der Waals surface area contributed by atoms with Crippen molar-refractivity contribution in [3.8, 4) is 11.5 Å². The summed E-state index contributed by atoms with van der Waals surface area (Å²) in [5.74, 6) is -0.150. The third kappa shape index (κ3) is 8.02. The molecule has 0 fully saturated rings. The molecule has 0 saturated carbocycles. The molecule has 182 valence electrons. The Morgan fingerprint density at radius 3 is 2.17 bits per heavy atom. The minimum absolute atomic E-state index is 0.0931. The van der Waals surface area contributed by atoms with E-state index in [1.54, 1.807) is 30.3 Å². The Labute approximate surface area is 213 Å². The quantitative estimate of drug-likeness (QED) is 0.326. The van der Waals surface area contributed by atoms with Crippen molar-refractivity contribution >= 4 is 52.4 Å². The molecule has 0 unspecified atom stereocenters. The number of hydrogen-bond donors (Lipinski definition) is 2. The fourth-order valence-corrected chi connectivity index (χ4v) is 3.57. The van der Waals surface area contributed by atoms with Gasteiger partial charge >= 0.3 is 5.97 Å². The molecule has 0 heterocycles. The van der Waals surface area contributed by atoms with Gasteiger partial charge in [-0.1, -0.05) is 41.4 Å². The van der Waals surface area contributed by atoms with Gasteiger partial charge in [-0.15, -0.1) is 0 Å². The summed E-state index contributed by atoms with van der Waals surface area (Å²) in [7, 11) is 0. The molecule has 9 heteroatoms. The first-order chi connectivity index (χ1) is 16.7. The van der Waals surface area contributed by atoms with Crippen LogP contribution in [0.1, 0.15) is 24.0 Å². The summed E-state index contributed by atoms with van der Waals surface area (Å²) < 4.78 is 10.9. The first kappa shape index (κ1) is 26.1. The van der Waals surface area contributed by atoms with Crippen LogP contribution in [0, 0.1) is 13.8 Å². The third-order valence-electron chi connectivity index (χ3n) is 4.89. The molecule has 0 aliphatic heterocycles. The summed E-state index contributed by atoms with van der Waals surface area (Å²) in [6.45, 7) is 3.45. The summed E-state index contributed by atoms with van der Waals surface area (Å²) in [4.78, 5) is 36.0. The maximum atomic E-state index is 12.2. The molecule has 2 N–H and O–H groups in total. The smallest absolute Gasteiger partial charge is 0.306 e.